The smallest absolute Gasteiger partial charge is 0.261 e. The van der Waals surface area contributed by atoms with Gasteiger partial charge in [-0.3, -0.25) is 9.48 Å². The van der Waals surface area contributed by atoms with E-state index in [-0.39, 0.29) is 29.8 Å². The molecule has 8 nitrogen and oxygen atoms in total. The van der Waals surface area contributed by atoms with Crippen molar-refractivity contribution >= 4 is 33.4 Å². The molecule has 3 heterocycles. The van der Waals surface area contributed by atoms with Gasteiger partial charge in [-0.25, -0.2) is 9.97 Å². The number of benzene rings is 1. The minimum Gasteiger partial charge on any atom is -0.507 e. The standard InChI is InChI=1S/C19H19ClN6O2/c1-10-16-11(9-25(2)24-16)5-13(17(10)27)18-22-8-14-15(23-18)3-4-26(19(14)28)12(6-20)7-21/h3-5,8-9,12,27H,6-7,21H2,1-2H3. The third kappa shape index (κ3) is 2.81. The molecule has 0 aliphatic carbocycles. The van der Waals surface area contributed by atoms with Crippen LogP contribution in [0.5, 0.6) is 5.75 Å². The van der Waals surface area contributed by atoms with Crippen LogP contribution in [-0.2, 0) is 7.05 Å². The third-order valence-corrected chi connectivity index (χ3v) is 5.24. The SMILES string of the molecule is Cc1c(O)c(-c2ncc3c(=O)n(C(CN)CCl)ccc3n2)cc2cn(C)nc12. The van der Waals surface area contributed by atoms with Gasteiger partial charge < -0.3 is 15.4 Å². The number of rotatable bonds is 4. The lowest BCUT2D eigenvalue weighted by atomic mass is 10.1. The molecule has 3 N–H and O–H groups in total. The fourth-order valence-corrected chi connectivity index (χ4v) is 3.60. The minimum atomic E-state index is -0.294. The molecule has 0 amide bonds. The van der Waals surface area contributed by atoms with Gasteiger partial charge in [-0.05, 0) is 19.1 Å². The lowest BCUT2D eigenvalue weighted by molar-refractivity contribution is 0.473. The van der Waals surface area contributed by atoms with Crippen LogP contribution in [0, 0.1) is 6.92 Å². The third-order valence-electron chi connectivity index (χ3n) is 4.88. The van der Waals surface area contributed by atoms with Crippen molar-refractivity contribution in [2.24, 2.45) is 12.8 Å². The van der Waals surface area contributed by atoms with Gasteiger partial charge in [-0.1, -0.05) is 0 Å². The van der Waals surface area contributed by atoms with Crippen LogP contribution < -0.4 is 11.3 Å². The fourth-order valence-electron chi connectivity index (χ4n) is 3.33. The average Bonchev–Trinajstić information content (AvgIpc) is 3.07. The zero-order chi connectivity index (χ0) is 20.0. The van der Waals surface area contributed by atoms with Crippen LogP contribution in [0.4, 0.5) is 0 Å². The van der Waals surface area contributed by atoms with E-state index in [1.165, 1.54) is 10.8 Å². The number of nitrogens with zero attached hydrogens (tertiary/aromatic N) is 5. The van der Waals surface area contributed by atoms with Crippen molar-refractivity contribution in [3.63, 3.8) is 0 Å². The number of aromatic hydroxyl groups is 1. The number of phenolic OH excluding ortho intramolecular Hbond substituents is 1. The van der Waals surface area contributed by atoms with Gasteiger partial charge in [0.2, 0.25) is 0 Å². The van der Waals surface area contributed by atoms with Crippen molar-refractivity contribution in [1.82, 2.24) is 24.3 Å². The summed E-state index contributed by atoms with van der Waals surface area (Å²) in [5.41, 5.74) is 7.80. The molecule has 1 unspecified atom stereocenters. The Bertz CT molecular complexity index is 1260. The second-order valence-corrected chi connectivity index (χ2v) is 7.01. The van der Waals surface area contributed by atoms with E-state index in [9.17, 15) is 9.90 Å². The van der Waals surface area contributed by atoms with E-state index >= 15 is 0 Å². The van der Waals surface area contributed by atoms with Crippen molar-refractivity contribution in [3.8, 4) is 17.1 Å². The second kappa shape index (κ2) is 6.88. The lowest BCUT2D eigenvalue weighted by Gasteiger charge is -2.15. The molecule has 3 aromatic heterocycles. The number of aryl methyl sites for hydroxylation is 2. The molecule has 0 aliphatic heterocycles. The molecule has 0 saturated heterocycles. The topological polar surface area (TPSA) is 112 Å². The number of fused-ring (bicyclic) bond motifs is 2. The highest BCUT2D eigenvalue weighted by Gasteiger charge is 2.17. The summed E-state index contributed by atoms with van der Waals surface area (Å²) < 4.78 is 3.19. The van der Waals surface area contributed by atoms with Gasteiger partial charge in [0.15, 0.2) is 5.82 Å². The molecule has 0 aliphatic rings. The van der Waals surface area contributed by atoms with E-state index in [0.29, 0.717) is 27.9 Å². The van der Waals surface area contributed by atoms with Gasteiger partial charge in [0.05, 0.1) is 28.0 Å². The highest BCUT2D eigenvalue weighted by atomic mass is 35.5. The summed E-state index contributed by atoms with van der Waals surface area (Å²) in [5, 5.41) is 16.2. The first-order chi connectivity index (χ1) is 13.4. The van der Waals surface area contributed by atoms with Crippen LogP contribution in [0.3, 0.4) is 0 Å². The Labute approximate surface area is 165 Å². The summed E-state index contributed by atoms with van der Waals surface area (Å²) in [6.07, 6.45) is 4.97. The maximum absolute atomic E-state index is 12.7. The van der Waals surface area contributed by atoms with E-state index in [1.54, 1.807) is 29.9 Å². The zero-order valence-corrected chi connectivity index (χ0v) is 16.2. The van der Waals surface area contributed by atoms with Gasteiger partial charge >= 0.3 is 0 Å². The lowest BCUT2D eigenvalue weighted by Crippen LogP contribution is -2.30. The number of aromatic nitrogens is 5. The maximum atomic E-state index is 12.7. The van der Waals surface area contributed by atoms with Crippen LogP contribution in [0.1, 0.15) is 11.6 Å². The number of phenols is 1. The summed E-state index contributed by atoms with van der Waals surface area (Å²) in [5.74, 6) is 0.645. The normalized spacial score (nSPS) is 12.7. The molecule has 1 aromatic carbocycles. The number of hydrogen-bond acceptors (Lipinski definition) is 6. The minimum absolute atomic E-state index is 0.0734. The van der Waals surface area contributed by atoms with Crippen molar-refractivity contribution in [3.05, 3.63) is 46.6 Å². The maximum Gasteiger partial charge on any atom is 0.261 e. The number of nitrogens with two attached hydrogens (primary N) is 1. The van der Waals surface area contributed by atoms with Gasteiger partial charge in [0.25, 0.3) is 5.56 Å². The van der Waals surface area contributed by atoms with Gasteiger partial charge in [-0.2, -0.15) is 5.10 Å². The molecule has 0 radical (unpaired) electrons. The Morgan fingerprint density at radius 3 is 2.89 bits per heavy atom. The molecule has 4 rings (SSSR count). The molecular weight excluding hydrogens is 380 g/mol. The number of halogens is 1. The van der Waals surface area contributed by atoms with E-state index in [2.05, 4.69) is 15.1 Å². The molecule has 0 bridgehead atoms. The number of pyridine rings is 1. The van der Waals surface area contributed by atoms with Crippen molar-refractivity contribution in [2.45, 2.75) is 13.0 Å². The first kappa shape index (κ1) is 18.4. The molecule has 4 aromatic rings. The molecule has 9 heteroatoms. The Morgan fingerprint density at radius 2 is 2.18 bits per heavy atom. The number of alkyl halides is 1. The fraction of sp³-hybridized carbons (Fsp3) is 0.263. The van der Waals surface area contributed by atoms with E-state index in [0.717, 1.165) is 10.9 Å². The van der Waals surface area contributed by atoms with Crippen molar-refractivity contribution in [1.29, 1.82) is 0 Å². The van der Waals surface area contributed by atoms with Crippen molar-refractivity contribution in [2.75, 3.05) is 12.4 Å². The predicted molar refractivity (Wildman–Crippen MR) is 109 cm³/mol. The predicted octanol–water partition coefficient (Wildman–Crippen LogP) is 2.10. The molecule has 0 saturated carbocycles. The van der Waals surface area contributed by atoms with E-state index in [1.807, 2.05) is 13.2 Å². The monoisotopic (exact) mass is 398 g/mol. The Balaban J connectivity index is 1.89. The number of hydrogen-bond donors (Lipinski definition) is 2. The highest BCUT2D eigenvalue weighted by molar-refractivity contribution is 6.18. The molecule has 144 valence electrons. The van der Waals surface area contributed by atoms with E-state index < -0.39 is 0 Å². The molecule has 28 heavy (non-hydrogen) atoms. The van der Waals surface area contributed by atoms with Gasteiger partial charge in [-0.15, -0.1) is 11.6 Å². The Morgan fingerprint density at radius 1 is 1.39 bits per heavy atom. The molecular formula is C19H19ClN6O2. The summed E-state index contributed by atoms with van der Waals surface area (Å²) in [4.78, 5) is 21.6. The van der Waals surface area contributed by atoms with Crippen LogP contribution in [0.15, 0.2) is 35.5 Å². The zero-order valence-electron chi connectivity index (χ0n) is 15.4. The summed E-state index contributed by atoms with van der Waals surface area (Å²) in [6.45, 7) is 2.05. The first-order valence-corrected chi connectivity index (χ1v) is 9.28. The quantitative estimate of drug-likeness (QED) is 0.509. The average molecular weight is 399 g/mol. The van der Waals surface area contributed by atoms with Crippen molar-refractivity contribution < 1.29 is 5.11 Å². The molecule has 0 fully saturated rings. The Hall–Kier alpha value is -2.97. The Kier molecular flexibility index (Phi) is 4.52. The summed E-state index contributed by atoms with van der Waals surface area (Å²) in [7, 11) is 1.82. The highest BCUT2D eigenvalue weighted by Crippen LogP contribution is 2.35. The van der Waals surface area contributed by atoms with E-state index in [4.69, 9.17) is 17.3 Å². The van der Waals surface area contributed by atoms with Crippen LogP contribution in [0.25, 0.3) is 33.2 Å². The van der Waals surface area contributed by atoms with Gasteiger partial charge in [0.1, 0.15) is 5.75 Å². The largest absolute Gasteiger partial charge is 0.507 e. The summed E-state index contributed by atoms with van der Waals surface area (Å²) in [6, 6.07) is 3.23. The van der Waals surface area contributed by atoms with Crippen LogP contribution >= 0.6 is 11.6 Å². The van der Waals surface area contributed by atoms with Crippen LogP contribution in [0.2, 0.25) is 0 Å². The molecule has 1 atom stereocenters. The second-order valence-electron chi connectivity index (χ2n) is 6.70. The molecule has 0 spiro atoms. The summed E-state index contributed by atoms with van der Waals surface area (Å²) >= 11 is 5.91. The first-order valence-electron chi connectivity index (χ1n) is 8.74. The van der Waals surface area contributed by atoms with Crippen LogP contribution in [-0.4, -0.2) is 41.8 Å². The van der Waals surface area contributed by atoms with Gasteiger partial charge in [0, 0.05) is 49.0 Å².